The van der Waals surface area contributed by atoms with Crippen LogP contribution in [0.1, 0.15) is 69.5 Å². The molecule has 3 nitrogen and oxygen atoms in total. The Morgan fingerprint density at radius 1 is 0.261 bits per heavy atom. The van der Waals surface area contributed by atoms with Crippen molar-refractivity contribution in [3.63, 3.8) is 0 Å². The molecule has 0 amide bonds. The van der Waals surface area contributed by atoms with Gasteiger partial charge in [-0.3, -0.25) is 0 Å². The van der Waals surface area contributed by atoms with E-state index in [2.05, 4.69) is 339 Å². The summed E-state index contributed by atoms with van der Waals surface area (Å²) >= 11 is 0. The van der Waals surface area contributed by atoms with Gasteiger partial charge in [-0.05, 0) is 201 Å². The van der Waals surface area contributed by atoms with Crippen LogP contribution in [0.4, 0.5) is 34.1 Å². The predicted octanol–water partition coefficient (Wildman–Crippen LogP) is 23.1. The highest BCUT2D eigenvalue weighted by Gasteiger charge is 2.54. The molecule has 0 bridgehead atoms. The quantitative estimate of drug-likeness (QED) is 0.165. The highest BCUT2D eigenvalue weighted by atomic mass is 16.5. The molecule has 1 aliphatic heterocycles. The highest BCUT2D eigenvalue weighted by Crippen LogP contribution is 2.67. The van der Waals surface area contributed by atoms with Gasteiger partial charge in [-0.2, -0.15) is 0 Å². The number of rotatable bonds is 6. The van der Waals surface area contributed by atoms with Gasteiger partial charge in [0, 0.05) is 33.7 Å². The number of ether oxygens (including phenoxy) is 1. The molecule has 92 heavy (non-hydrogen) atoms. The minimum atomic E-state index is -0.655. The van der Waals surface area contributed by atoms with E-state index in [0.717, 1.165) is 56.8 Å². The molecule has 1 heterocycles. The van der Waals surface area contributed by atoms with E-state index in [1.54, 1.807) is 0 Å². The van der Waals surface area contributed by atoms with Gasteiger partial charge < -0.3 is 14.5 Å². The van der Waals surface area contributed by atoms with Crippen LogP contribution < -0.4 is 14.5 Å². The third-order valence-electron chi connectivity index (χ3n) is 21.5. The average molecular weight is 1170 g/mol. The molecule has 1 atom stereocenters. The van der Waals surface area contributed by atoms with Crippen molar-refractivity contribution in [2.45, 2.75) is 30.1 Å². The number of hydrogen-bond acceptors (Lipinski definition) is 3. The smallest absolute Gasteiger partial charge is 0.159 e. The van der Waals surface area contributed by atoms with Gasteiger partial charge in [0.15, 0.2) is 11.5 Å². The lowest BCUT2D eigenvalue weighted by Gasteiger charge is -2.35. The van der Waals surface area contributed by atoms with Crippen LogP contribution in [0.2, 0.25) is 0 Å². The number of anilines is 6. The summed E-state index contributed by atoms with van der Waals surface area (Å²) in [4.78, 5) is 4.93. The van der Waals surface area contributed by atoms with Crippen molar-refractivity contribution in [1.82, 2.24) is 0 Å². The third kappa shape index (κ3) is 6.68. The van der Waals surface area contributed by atoms with Gasteiger partial charge in [0.2, 0.25) is 0 Å². The summed E-state index contributed by atoms with van der Waals surface area (Å²) in [7, 11) is 0. The molecule has 2 spiro atoms. The first-order chi connectivity index (χ1) is 45.4. The fourth-order valence-electron chi connectivity index (χ4n) is 17.7. The minimum absolute atomic E-state index is 0.119. The SMILES string of the molecule is CC1(C)c2ccccc2-c2cc(N(c3ccc(-c4ccccc4)cc3)c3ccc4c(c3)C3(c5ccccc5-c5ccc(-c6cccc7c6Oc6ccccc6N7c6ccc7c(c6)C6(c8ccccc8-c8ccccc86)c6ccccc6-7)cc53)c3ccccc3-4)ccc21. The summed E-state index contributed by atoms with van der Waals surface area (Å²) in [5.41, 5.74) is 35.5. The summed E-state index contributed by atoms with van der Waals surface area (Å²) in [6, 6.07) is 118. The van der Waals surface area contributed by atoms with Gasteiger partial charge in [0.05, 0.1) is 22.2 Å². The number of hydrogen-bond donors (Lipinski definition) is 0. The van der Waals surface area contributed by atoms with Crippen LogP contribution in [0.5, 0.6) is 11.5 Å². The molecule has 3 heteroatoms. The van der Waals surface area contributed by atoms with Crippen molar-refractivity contribution < 1.29 is 4.74 Å². The number of benzene rings is 14. The summed E-state index contributed by atoms with van der Waals surface area (Å²) < 4.78 is 7.32. The number of fused-ring (bicyclic) bond motifs is 25. The van der Waals surface area contributed by atoms with Gasteiger partial charge in [-0.15, -0.1) is 0 Å². The monoisotopic (exact) mass is 1170 g/mol. The maximum atomic E-state index is 7.32. The van der Waals surface area contributed by atoms with Gasteiger partial charge >= 0.3 is 0 Å². The van der Waals surface area contributed by atoms with E-state index in [-0.39, 0.29) is 5.41 Å². The van der Waals surface area contributed by atoms with Gasteiger partial charge in [-0.25, -0.2) is 0 Å². The first-order valence-electron chi connectivity index (χ1n) is 32.2. The first-order valence-corrected chi connectivity index (χ1v) is 32.2. The largest absolute Gasteiger partial charge is 0.452 e. The standard InChI is InChI=1S/C89H58N2O/c1-87(2)73-30-12-6-28-68(73)72-52-59(46-50-74(72)87)90(58-42-39-56(40-43-58)55-21-4-3-5-22-55)60-44-48-71-67-27-11-17-35-79(67)89(82(71)53-60)78-34-16-10-25-65(78)69-47-41-57(51-80(69)89)62-29-20-37-84-86(62)92-85-38-19-18-36-83(85)91(84)61-45-49-70-66-26-9-15-33-77(66)88(81(70)54-61)75-31-13-7-23-63(75)64-24-8-14-32-76(64)88/h3-54H,1-2H3. The molecule has 5 aliphatic carbocycles. The van der Waals surface area contributed by atoms with Gasteiger partial charge in [0.1, 0.15) is 0 Å². The molecule has 14 aromatic rings. The van der Waals surface area contributed by atoms with Crippen LogP contribution in [0, 0.1) is 0 Å². The van der Waals surface area contributed by atoms with Crippen LogP contribution in [0.25, 0.3) is 77.9 Å². The Labute approximate surface area is 536 Å². The zero-order valence-electron chi connectivity index (χ0n) is 50.8. The van der Waals surface area contributed by atoms with Crippen molar-refractivity contribution in [3.8, 4) is 89.4 Å². The number of para-hydroxylation sites is 3. The Morgan fingerprint density at radius 2 is 0.663 bits per heavy atom. The zero-order valence-corrected chi connectivity index (χ0v) is 50.8. The Morgan fingerprint density at radius 3 is 1.28 bits per heavy atom. The molecule has 1 unspecified atom stereocenters. The molecule has 0 saturated heterocycles. The van der Waals surface area contributed by atoms with E-state index in [1.807, 2.05) is 0 Å². The summed E-state index contributed by atoms with van der Waals surface area (Å²) in [6.45, 7) is 4.73. The van der Waals surface area contributed by atoms with Crippen molar-refractivity contribution >= 4 is 34.1 Å². The lowest BCUT2D eigenvalue weighted by molar-refractivity contribution is 0.478. The van der Waals surface area contributed by atoms with Crippen LogP contribution >= 0.6 is 0 Å². The summed E-state index contributed by atoms with van der Waals surface area (Å²) in [5, 5.41) is 0. The Balaban J connectivity index is 0.767. The predicted molar refractivity (Wildman–Crippen MR) is 377 cm³/mol. The molecule has 0 aromatic heterocycles. The zero-order chi connectivity index (χ0) is 60.6. The summed E-state index contributed by atoms with van der Waals surface area (Å²) in [5.74, 6) is 1.64. The van der Waals surface area contributed by atoms with Gasteiger partial charge in [0.25, 0.3) is 0 Å². The lowest BCUT2D eigenvalue weighted by Crippen LogP contribution is -2.26. The molecule has 0 N–H and O–H groups in total. The van der Waals surface area contributed by atoms with Crippen molar-refractivity contribution in [1.29, 1.82) is 0 Å². The van der Waals surface area contributed by atoms with E-state index < -0.39 is 10.8 Å². The molecule has 0 saturated carbocycles. The second-order valence-electron chi connectivity index (χ2n) is 26.2. The second-order valence-corrected chi connectivity index (χ2v) is 26.2. The van der Waals surface area contributed by atoms with Crippen LogP contribution in [0.3, 0.4) is 0 Å². The van der Waals surface area contributed by atoms with E-state index in [4.69, 9.17) is 4.74 Å². The minimum Gasteiger partial charge on any atom is -0.452 e. The molecule has 0 radical (unpaired) electrons. The maximum Gasteiger partial charge on any atom is 0.159 e. The highest BCUT2D eigenvalue weighted by molar-refractivity contribution is 6.01. The lowest BCUT2D eigenvalue weighted by atomic mass is 9.70. The van der Waals surface area contributed by atoms with Crippen molar-refractivity contribution in [2.75, 3.05) is 9.80 Å². The Kier molecular flexibility index (Phi) is 10.5. The third-order valence-corrected chi connectivity index (χ3v) is 21.5. The topological polar surface area (TPSA) is 15.7 Å². The van der Waals surface area contributed by atoms with Crippen LogP contribution in [-0.4, -0.2) is 0 Å². The van der Waals surface area contributed by atoms with E-state index >= 15 is 0 Å². The molecule has 6 aliphatic rings. The van der Waals surface area contributed by atoms with E-state index in [0.29, 0.717) is 0 Å². The van der Waals surface area contributed by atoms with Crippen molar-refractivity contribution in [3.05, 3.63) is 371 Å². The molecule has 0 fully saturated rings. The van der Waals surface area contributed by atoms with Gasteiger partial charge in [-0.1, -0.05) is 257 Å². The normalized spacial score (nSPS) is 15.8. The van der Waals surface area contributed by atoms with Crippen LogP contribution in [-0.2, 0) is 16.2 Å². The fraction of sp³-hybridized carbons (Fsp3) is 0.0562. The van der Waals surface area contributed by atoms with Crippen LogP contribution in [0.15, 0.2) is 315 Å². The Bertz CT molecular complexity index is 5420. The molecule has 430 valence electrons. The maximum absolute atomic E-state index is 7.32. The van der Waals surface area contributed by atoms with Crippen molar-refractivity contribution in [2.24, 2.45) is 0 Å². The molecular weight excluding hydrogens is 1110 g/mol. The number of nitrogens with zero attached hydrogens (tertiary/aromatic N) is 2. The fourth-order valence-corrected chi connectivity index (χ4v) is 17.7. The Hall–Kier alpha value is -11.5. The molecule has 14 aromatic carbocycles. The first kappa shape index (κ1) is 51.4. The molecular formula is C89H58N2O. The van der Waals surface area contributed by atoms with E-state index in [1.165, 1.54) is 122 Å². The second kappa shape index (κ2) is 18.8. The van der Waals surface area contributed by atoms with E-state index in [9.17, 15) is 0 Å². The molecule has 20 rings (SSSR count). The average Bonchev–Trinajstić information content (AvgIpc) is 1.52. The summed E-state index contributed by atoms with van der Waals surface area (Å²) in [6.07, 6.45) is 0.